The highest BCUT2D eigenvalue weighted by Crippen LogP contribution is 2.28. The van der Waals surface area contributed by atoms with Crippen molar-refractivity contribution < 1.29 is 18.8 Å². The third kappa shape index (κ3) is 4.53. The molecule has 7 heteroatoms. The molecule has 1 amide bonds. The zero-order valence-electron chi connectivity index (χ0n) is 14.2. The smallest absolute Gasteiger partial charge is 0.311 e. The average molecular weight is 346 g/mol. The van der Waals surface area contributed by atoms with Gasteiger partial charge in [0.05, 0.1) is 11.0 Å². The lowest BCUT2D eigenvalue weighted by Crippen LogP contribution is -2.33. The van der Waals surface area contributed by atoms with E-state index in [0.717, 1.165) is 11.1 Å². The second-order valence-electron chi connectivity index (χ2n) is 5.75. The van der Waals surface area contributed by atoms with E-state index in [1.807, 2.05) is 0 Å². The Bertz CT molecular complexity index is 777. The molecular weight excluding hydrogens is 327 g/mol. The van der Waals surface area contributed by atoms with Crippen LogP contribution in [0.5, 0.6) is 5.75 Å². The standard InChI is InChI=1S/C18H19FN2O4/c1-12-4-9-17(16(10-12)21(23)24)25-11-18(22)20(3)13(2)14-5-7-15(19)8-6-14/h4-10,13H,11H2,1-3H3. The second-order valence-corrected chi connectivity index (χ2v) is 5.75. The van der Waals surface area contributed by atoms with Gasteiger partial charge in [-0.2, -0.15) is 0 Å². The molecule has 0 spiro atoms. The van der Waals surface area contributed by atoms with E-state index in [2.05, 4.69) is 0 Å². The maximum Gasteiger partial charge on any atom is 0.311 e. The molecule has 0 N–H and O–H groups in total. The van der Waals surface area contributed by atoms with Crippen molar-refractivity contribution in [3.05, 3.63) is 69.5 Å². The van der Waals surface area contributed by atoms with Gasteiger partial charge in [0.1, 0.15) is 5.82 Å². The van der Waals surface area contributed by atoms with E-state index in [1.165, 1.54) is 29.2 Å². The number of nitro benzene ring substituents is 1. The van der Waals surface area contributed by atoms with Gasteiger partial charge in [-0.05, 0) is 43.2 Å². The number of rotatable bonds is 6. The van der Waals surface area contributed by atoms with Gasteiger partial charge in [0.25, 0.3) is 5.91 Å². The van der Waals surface area contributed by atoms with Crippen molar-refractivity contribution in [3.8, 4) is 5.75 Å². The minimum absolute atomic E-state index is 0.0479. The second kappa shape index (κ2) is 7.74. The molecule has 0 radical (unpaired) electrons. The van der Waals surface area contributed by atoms with E-state index in [4.69, 9.17) is 4.74 Å². The van der Waals surface area contributed by atoms with Crippen molar-refractivity contribution in [1.29, 1.82) is 0 Å². The van der Waals surface area contributed by atoms with Crippen LogP contribution in [0.25, 0.3) is 0 Å². The van der Waals surface area contributed by atoms with Gasteiger partial charge in [0.2, 0.25) is 0 Å². The molecule has 0 aliphatic rings. The Balaban J connectivity index is 2.04. The summed E-state index contributed by atoms with van der Waals surface area (Å²) in [5.41, 5.74) is 1.33. The predicted octanol–water partition coefficient (Wildman–Crippen LogP) is 3.64. The lowest BCUT2D eigenvalue weighted by Gasteiger charge is -2.25. The minimum atomic E-state index is -0.544. The summed E-state index contributed by atoms with van der Waals surface area (Å²) in [6, 6.07) is 10.1. The number of benzene rings is 2. The van der Waals surface area contributed by atoms with Gasteiger partial charge >= 0.3 is 5.69 Å². The number of amides is 1. The van der Waals surface area contributed by atoms with Crippen LogP contribution in [0.1, 0.15) is 24.1 Å². The molecule has 0 saturated heterocycles. The van der Waals surface area contributed by atoms with Crippen LogP contribution in [0, 0.1) is 22.9 Å². The third-order valence-corrected chi connectivity index (χ3v) is 3.99. The number of carbonyl (C=O) groups is 1. The van der Waals surface area contributed by atoms with E-state index in [0.29, 0.717) is 0 Å². The highest BCUT2D eigenvalue weighted by atomic mass is 19.1. The Morgan fingerprint density at radius 2 is 1.92 bits per heavy atom. The first kappa shape index (κ1) is 18.4. The molecule has 6 nitrogen and oxygen atoms in total. The number of hydrogen-bond acceptors (Lipinski definition) is 4. The molecule has 0 aliphatic heterocycles. The maximum atomic E-state index is 13.0. The fraction of sp³-hybridized carbons (Fsp3) is 0.278. The van der Waals surface area contributed by atoms with Crippen LogP contribution in [0.15, 0.2) is 42.5 Å². The molecule has 2 aromatic carbocycles. The SMILES string of the molecule is Cc1ccc(OCC(=O)N(C)C(C)c2ccc(F)cc2)c([N+](=O)[O-])c1. The number of likely N-dealkylation sites (N-methyl/N-ethyl adjacent to an activating group) is 1. The van der Waals surface area contributed by atoms with Crippen LogP contribution in [0.4, 0.5) is 10.1 Å². The molecule has 0 fully saturated rings. The van der Waals surface area contributed by atoms with E-state index < -0.39 is 4.92 Å². The number of nitrogens with zero attached hydrogens (tertiary/aromatic N) is 2. The van der Waals surface area contributed by atoms with Crippen LogP contribution in [-0.2, 0) is 4.79 Å². The van der Waals surface area contributed by atoms with E-state index in [-0.39, 0.29) is 35.8 Å². The maximum absolute atomic E-state index is 13.0. The van der Waals surface area contributed by atoms with Gasteiger partial charge in [-0.25, -0.2) is 4.39 Å². The number of carbonyl (C=O) groups excluding carboxylic acids is 1. The normalized spacial score (nSPS) is 11.7. The van der Waals surface area contributed by atoms with Crippen molar-refractivity contribution in [1.82, 2.24) is 4.90 Å². The van der Waals surface area contributed by atoms with Gasteiger partial charge in [-0.3, -0.25) is 14.9 Å². The molecule has 0 aliphatic carbocycles. The van der Waals surface area contributed by atoms with Crippen LogP contribution in [0.3, 0.4) is 0 Å². The van der Waals surface area contributed by atoms with E-state index >= 15 is 0 Å². The molecule has 25 heavy (non-hydrogen) atoms. The van der Waals surface area contributed by atoms with Gasteiger partial charge in [0, 0.05) is 13.1 Å². The quantitative estimate of drug-likeness (QED) is 0.591. The van der Waals surface area contributed by atoms with Crippen LogP contribution < -0.4 is 4.74 Å². The summed E-state index contributed by atoms with van der Waals surface area (Å²) in [6.07, 6.45) is 0. The van der Waals surface area contributed by atoms with Crippen LogP contribution in [0.2, 0.25) is 0 Å². The summed E-state index contributed by atoms with van der Waals surface area (Å²) in [5, 5.41) is 11.1. The Labute approximate surface area is 145 Å². The molecule has 0 heterocycles. The fourth-order valence-corrected chi connectivity index (χ4v) is 2.31. The molecule has 2 aromatic rings. The Kier molecular flexibility index (Phi) is 5.69. The summed E-state index contributed by atoms with van der Waals surface area (Å²) in [6.45, 7) is 3.21. The van der Waals surface area contributed by atoms with Crippen molar-refractivity contribution in [2.24, 2.45) is 0 Å². The van der Waals surface area contributed by atoms with Crippen molar-refractivity contribution in [2.45, 2.75) is 19.9 Å². The zero-order valence-corrected chi connectivity index (χ0v) is 14.2. The molecule has 0 aromatic heterocycles. The number of halogens is 1. The number of hydrogen-bond donors (Lipinski definition) is 0. The Morgan fingerprint density at radius 3 is 2.52 bits per heavy atom. The first-order chi connectivity index (χ1) is 11.8. The van der Waals surface area contributed by atoms with E-state index in [1.54, 1.807) is 39.1 Å². The third-order valence-electron chi connectivity index (χ3n) is 3.99. The van der Waals surface area contributed by atoms with E-state index in [9.17, 15) is 19.3 Å². The predicted molar refractivity (Wildman–Crippen MR) is 90.9 cm³/mol. The largest absolute Gasteiger partial charge is 0.477 e. The minimum Gasteiger partial charge on any atom is -0.477 e. The first-order valence-electron chi connectivity index (χ1n) is 7.68. The molecule has 1 unspecified atom stereocenters. The summed E-state index contributed by atoms with van der Waals surface area (Å²) >= 11 is 0. The highest BCUT2D eigenvalue weighted by molar-refractivity contribution is 5.78. The first-order valence-corrected chi connectivity index (χ1v) is 7.68. The Hall–Kier alpha value is -2.96. The average Bonchev–Trinajstić information content (AvgIpc) is 2.59. The summed E-state index contributed by atoms with van der Waals surface area (Å²) in [5.74, 6) is -0.640. The van der Waals surface area contributed by atoms with Crippen molar-refractivity contribution in [3.63, 3.8) is 0 Å². The summed E-state index contributed by atoms with van der Waals surface area (Å²) in [4.78, 5) is 24.3. The molecule has 1 atom stereocenters. The van der Waals surface area contributed by atoms with Gasteiger partial charge in [-0.15, -0.1) is 0 Å². The highest BCUT2D eigenvalue weighted by Gasteiger charge is 2.20. The van der Waals surface area contributed by atoms with Gasteiger partial charge in [-0.1, -0.05) is 18.2 Å². The lowest BCUT2D eigenvalue weighted by molar-refractivity contribution is -0.385. The Morgan fingerprint density at radius 1 is 1.28 bits per heavy atom. The lowest BCUT2D eigenvalue weighted by atomic mass is 10.1. The molecular formula is C18H19FN2O4. The van der Waals surface area contributed by atoms with Crippen LogP contribution in [-0.4, -0.2) is 29.4 Å². The molecule has 2 rings (SSSR count). The monoisotopic (exact) mass is 346 g/mol. The fourth-order valence-electron chi connectivity index (χ4n) is 2.31. The summed E-state index contributed by atoms with van der Waals surface area (Å²) < 4.78 is 18.3. The van der Waals surface area contributed by atoms with Crippen molar-refractivity contribution >= 4 is 11.6 Å². The number of nitro groups is 1. The molecule has 0 bridgehead atoms. The van der Waals surface area contributed by atoms with Crippen LogP contribution >= 0.6 is 0 Å². The number of aryl methyl sites for hydroxylation is 1. The topological polar surface area (TPSA) is 72.7 Å². The summed E-state index contributed by atoms with van der Waals surface area (Å²) in [7, 11) is 1.60. The molecule has 0 saturated carbocycles. The van der Waals surface area contributed by atoms with Gasteiger partial charge < -0.3 is 9.64 Å². The zero-order chi connectivity index (χ0) is 18.6. The van der Waals surface area contributed by atoms with Crippen molar-refractivity contribution in [2.75, 3.05) is 13.7 Å². The van der Waals surface area contributed by atoms with Gasteiger partial charge in [0.15, 0.2) is 12.4 Å². The molecule has 132 valence electrons. The number of ether oxygens (including phenoxy) is 1.